The molecule has 6 rings (SSSR count). The highest BCUT2D eigenvalue weighted by atomic mass is 32.2. The minimum absolute atomic E-state index is 0.0594. The average molecular weight is 977 g/mol. The maximum Gasteiger partial charge on any atom is 0.421 e. The molecule has 0 saturated carbocycles. The molecule has 8 nitrogen and oxygen atoms in total. The van der Waals surface area contributed by atoms with Gasteiger partial charge in [0.2, 0.25) is 19.7 Å². The molecule has 2 atom stereocenters. The van der Waals surface area contributed by atoms with E-state index in [4.69, 9.17) is 0 Å². The van der Waals surface area contributed by atoms with Gasteiger partial charge in [0.1, 0.15) is 11.2 Å². The number of benzene rings is 6. The maximum absolute atomic E-state index is 13.2. The zero-order valence-electron chi connectivity index (χ0n) is 37.4. The molecule has 0 fully saturated rings. The molecule has 16 heteroatoms. The van der Waals surface area contributed by atoms with Gasteiger partial charge in [-0.3, -0.25) is 0 Å². The highest BCUT2D eigenvalue weighted by molar-refractivity contribution is 7.91. The first kappa shape index (κ1) is 52.7. The number of alkyl halides is 6. The van der Waals surface area contributed by atoms with Gasteiger partial charge in [-0.15, -0.1) is 0 Å². The van der Waals surface area contributed by atoms with Gasteiger partial charge in [-0.05, 0) is 123 Å². The fourth-order valence-electron chi connectivity index (χ4n) is 6.28. The van der Waals surface area contributed by atoms with Gasteiger partial charge in [0.15, 0.2) is 11.2 Å². The lowest BCUT2D eigenvalue weighted by molar-refractivity contribution is -0.259. The maximum atomic E-state index is 13.2. The van der Waals surface area contributed by atoms with E-state index < -0.39 is 54.4 Å². The summed E-state index contributed by atoms with van der Waals surface area (Å²) >= 11 is 0. The van der Waals surface area contributed by atoms with Crippen molar-refractivity contribution in [2.24, 2.45) is 0 Å². The molecule has 68 heavy (non-hydrogen) atoms. The fraction of sp³-hybridized carbons (Fsp3) is 0.231. The summed E-state index contributed by atoms with van der Waals surface area (Å²) in [7, 11) is -7.84. The Bertz CT molecular complexity index is 2900. The molecule has 0 aliphatic rings. The van der Waals surface area contributed by atoms with E-state index in [9.17, 15) is 63.6 Å². The molecular formula is C52H46F6O8S2. The van der Waals surface area contributed by atoms with Crippen molar-refractivity contribution in [3.8, 4) is 45.9 Å². The SMILES string of the molecule is CC(C)(O)C#Cc1cc(-c2ccc([C@@](C)(O)C(F)(F)F)cc2)ccc1S(=O)(=O)c1ccccc1.CC(C)(O)C#Cc1cc(-c2ccc([C@](C)(O)C(F)(F)F)cc2)ccc1S(=O)(=O)c1ccccc1. The Morgan fingerprint density at radius 1 is 0.397 bits per heavy atom. The van der Waals surface area contributed by atoms with E-state index in [1.807, 2.05) is 0 Å². The monoisotopic (exact) mass is 976 g/mol. The lowest BCUT2D eigenvalue weighted by atomic mass is 9.93. The van der Waals surface area contributed by atoms with Crippen LogP contribution in [0.15, 0.2) is 165 Å². The average Bonchev–Trinajstić information content (AvgIpc) is 3.27. The first-order chi connectivity index (χ1) is 31.3. The number of halogens is 6. The van der Waals surface area contributed by atoms with Crippen molar-refractivity contribution >= 4 is 19.7 Å². The molecule has 0 radical (unpaired) electrons. The van der Waals surface area contributed by atoms with Crippen LogP contribution in [0.5, 0.6) is 0 Å². The predicted octanol–water partition coefficient (Wildman–Crippen LogP) is 10.2. The van der Waals surface area contributed by atoms with E-state index in [0.717, 1.165) is 0 Å². The molecule has 0 heterocycles. The molecule has 4 N–H and O–H groups in total. The summed E-state index contributed by atoms with van der Waals surface area (Å²) in [5.74, 6) is 10.7. The van der Waals surface area contributed by atoms with Gasteiger partial charge in [0, 0.05) is 11.1 Å². The van der Waals surface area contributed by atoms with Gasteiger partial charge >= 0.3 is 12.4 Å². The Labute approximate surface area is 391 Å². The van der Waals surface area contributed by atoms with E-state index in [1.54, 1.807) is 36.4 Å². The normalized spacial score (nSPS) is 14.1. The molecule has 0 unspecified atom stereocenters. The van der Waals surface area contributed by atoms with Gasteiger partial charge in [0.05, 0.1) is 19.6 Å². The highest BCUT2D eigenvalue weighted by Crippen LogP contribution is 2.41. The number of aliphatic hydroxyl groups is 4. The summed E-state index contributed by atoms with van der Waals surface area (Å²) in [6, 6.07) is 34.7. The minimum atomic E-state index is -4.85. The Balaban J connectivity index is 0.000000254. The second kappa shape index (κ2) is 19.4. The number of hydrogen-bond donors (Lipinski definition) is 4. The second-order valence-electron chi connectivity index (χ2n) is 17.0. The topological polar surface area (TPSA) is 149 Å². The Hall–Kier alpha value is -6.24. The summed E-state index contributed by atoms with van der Waals surface area (Å²) in [6.07, 6.45) is -9.69. The first-order valence-electron chi connectivity index (χ1n) is 20.5. The molecule has 0 bridgehead atoms. The van der Waals surface area contributed by atoms with Crippen LogP contribution >= 0.6 is 0 Å². The molecule has 356 valence electrons. The van der Waals surface area contributed by atoms with Gasteiger partial charge in [-0.1, -0.05) is 121 Å². The van der Waals surface area contributed by atoms with Crippen LogP contribution in [0.1, 0.15) is 63.8 Å². The minimum Gasteiger partial charge on any atom is -0.378 e. The predicted molar refractivity (Wildman–Crippen MR) is 245 cm³/mol. The van der Waals surface area contributed by atoms with E-state index >= 15 is 0 Å². The number of rotatable bonds is 8. The van der Waals surface area contributed by atoms with E-state index in [0.29, 0.717) is 36.1 Å². The molecule has 0 amide bonds. The van der Waals surface area contributed by atoms with Crippen molar-refractivity contribution in [3.05, 3.63) is 168 Å². The van der Waals surface area contributed by atoms with Crippen LogP contribution in [0.4, 0.5) is 26.3 Å². The highest BCUT2D eigenvalue weighted by Gasteiger charge is 2.52. The Kier molecular flexibility index (Phi) is 15.0. The van der Waals surface area contributed by atoms with Gasteiger partial charge in [-0.2, -0.15) is 26.3 Å². The summed E-state index contributed by atoms with van der Waals surface area (Å²) in [6.45, 7) is 7.19. The van der Waals surface area contributed by atoms with Crippen LogP contribution in [0.25, 0.3) is 22.3 Å². The molecule has 0 aliphatic heterocycles. The largest absolute Gasteiger partial charge is 0.421 e. The van der Waals surface area contributed by atoms with Gasteiger partial charge < -0.3 is 20.4 Å². The Morgan fingerprint density at radius 2 is 0.676 bits per heavy atom. The summed E-state index contributed by atoms with van der Waals surface area (Å²) in [4.78, 5) is 0.0345. The van der Waals surface area contributed by atoms with Crippen LogP contribution in [0.2, 0.25) is 0 Å². The van der Waals surface area contributed by atoms with Crippen molar-refractivity contribution in [1.29, 1.82) is 0 Å². The third-order valence-electron chi connectivity index (χ3n) is 10.3. The third-order valence-corrected chi connectivity index (χ3v) is 14.0. The second-order valence-corrected chi connectivity index (χ2v) is 20.8. The lowest BCUT2D eigenvalue weighted by Gasteiger charge is -2.26. The van der Waals surface area contributed by atoms with Crippen molar-refractivity contribution in [1.82, 2.24) is 0 Å². The first-order valence-corrected chi connectivity index (χ1v) is 23.4. The molecule has 0 aromatic heterocycles. The summed E-state index contributed by atoms with van der Waals surface area (Å²) < 4.78 is 132. The van der Waals surface area contributed by atoms with Crippen LogP contribution < -0.4 is 0 Å². The number of hydrogen-bond acceptors (Lipinski definition) is 8. The quantitative estimate of drug-likeness (QED) is 0.0870. The summed E-state index contributed by atoms with van der Waals surface area (Å²) in [5, 5.41) is 39.8. The zero-order valence-corrected chi connectivity index (χ0v) is 39.0. The molecular weight excluding hydrogens is 931 g/mol. The molecule has 6 aromatic carbocycles. The fourth-order valence-corrected chi connectivity index (χ4v) is 9.11. The molecule has 6 aromatic rings. The van der Waals surface area contributed by atoms with Crippen molar-refractivity contribution in [2.45, 2.75) is 95.9 Å². The zero-order chi connectivity index (χ0) is 50.7. The molecule has 0 saturated heterocycles. The lowest BCUT2D eigenvalue weighted by Crippen LogP contribution is -2.39. The van der Waals surface area contributed by atoms with E-state index in [2.05, 4.69) is 23.7 Å². The van der Waals surface area contributed by atoms with Crippen molar-refractivity contribution < 1.29 is 63.6 Å². The van der Waals surface area contributed by atoms with Crippen LogP contribution in [-0.4, -0.2) is 60.8 Å². The van der Waals surface area contributed by atoms with Crippen LogP contribution in [0.3, 0.4) is 0 Å². The Morgan fingerprint density at radius 3 is 0.941 bits per heavy atom. The van der Waals surface area contributed by atoms with E-state index in [-0.39, 0.29) is 41.8 Å². The molecule has 0 aliphatic carbocycles. The smallest absolute Gasteiger partial charge is 0.378 e. The van der Waals surface area contributed by atoms with Crippen LogP contribution in [-0.2, 0) is 30.9 Å². The van der Waals surface area contributed by atoms with Gasteiger partial charge in [-0.25, -0.2) is 16.8 Å². The van der Waals surface area contributed by atoms with Gasteiger partial charge in [0.25, 0.3) is 0 Å². The third kappa shape index (κ3) is 12.3. The van der Waals surface area contributed by atoms with Crippen LogP contribution in [0, 0.1) is 23.7 Å². The van der Waals surface area contributed by atoms with Crippen molar-refractivity contribution in [3.63, 3.8) is 0 Å². The molecule has 0 spiro atoms. The van der Waals surface area contributed by atoms with Crippen molar-refractivity contribution in [2.75, 3.05) is 0 Å². The van der Waals surface area contributed by atoms with E-state index in [1.165, 1.54) is 137 Å². The number of sulfone groups is 2. The summed E-state index contributed by atoms with van der Waals surface area (Å²) in [5.41, 5.74) is -7.16. The standard InChI is InChI=1S/2C26H23F3O4S/c2*1-24(2,30)16-15-20-17-19(11-14-23(20)34(32,33)22-7-5-4-6-8-22)18-9-12-21(13-10-18)25(3,31)26(27,28)29/h2*4-14,17,30-31H,1-3H3/t2*25-/m10/s1.